The minimum absolute atomic E-state index is 0.201. The first kappa shape index (κ1) is 33.6. The van der Waals surface area contributed by atoms with E-state index in [2.05, 4.69) is 219 Å². The first-order valence-electron chi connectivity index (χ1n) is 19.8. The van der Waals surface area contributed by atoms with Gasteiger partial charge in [-0.25, -0.2) is 0 Å². The number of benzene rings is 9. The van der Waals surface area contributed by atoms with E-state index in [1.54, 1.807) is 0 Å². The van der Waals surface area contributed by atoms with Gasteiger partial charge in [0.05, 0.1) is 5.69 Å². The average molecular weight is 746 g/mol. The van der Waals surface area contributed by atoms with Crippen LogP contribution in [0.3, 0.4) is 0 Å². The summed E-state index contributed by atoms with van der Waals surface area (Å²) in [6.45, 7) is 4.79. The van der Waals surface area contributed by atoms with Crippen LogP contribution in [-0.4, -0.2) is 0 Å². The van der Waals surface area contributed by atoms with Gasteiger partial charge in [0, 0.05) is 42.5 Å². The van der Waals surface area contributed by atoms with Gasteiger partial charge < -0.3 is 4.90 Å². The Morgan fingerprint density at radius 2 is 0.947 bits per heavy atom. The van der Waals surface area contributed by atoms with E-state index >= 15 is 0 Å². The molecule has 9 aromatic carbocycles. The topological polar surface area (TPSA) is 3.24 Å². The molecule has 0 aliphatic heterocycles. The Bertz CT molecular complexity index is 3150. The molecule has 0 bridgehead atoms. The number of hydrogen-bond acceptors (Lipinski definition) is 2. The highest BCUT2D eigenvalue weighted by Gasteiger charge is 2.36. The molecule has 1 nitrogen and oxygen atoms in total. The summed E-state index contributed by atoms with van der Waals surface area (Å²) >= 11 is 1.86. The molecule has 0 spiro atoms. The van der Waals surface area contributed by atoms with Gasteiger partial charge in [-0.3, -0.25) is 0 Å². The second kappa shape index (κ2) is 13.2. The molecule has 57 heavy (non-hydrogen) atoms. The molecule has 1 aliphatic carbocycles. The van der Waals surface area contributed by atoms with Gasteiger partial charge in [0.1, 0.15) is 0 Å². The van der Waals surface area contributed by atoms with E-state index < -0.39 is 0 Å². The molecular formula is C55H39NS. The van der Waals surface area contributed by atoms with Crippen LogP contribution in [-0.2, 0) is 5.41 Å². The van der Waals surface area contributed by atoms with Crippen LogP contribution in [0.15, 0.2) is 200 Å². The average Bonchev–Trinajstić information content (AvgIpc) is 3.75. The van der Waals surface area contributed by atoms with Gasteiger partial charge in [0.2, 0.25) is 0 Å². The van der Waals surface area contributed by atoms with E-state index in [1.807, 2.05) is 11.3 Å². The molecular weight excluding hydrogens is 707 g/mol. The van der Waals surface area contributed by atoms with Crippen LogP contribution in [0.1, 0.15) is 25.0 Å². The van der Waals surface area contributed by atoms with Crippen molar-refractivity contribution in [3.63, 3.8) is 0 Å². The van der Waals surface area contributed by atoms with Crippen molar-refractivity contribution in [2.75, 3.05) is 4.90 Å². The molecule has 0 amide bonds. The van der Waals surface area contributed by atoms with Gasteiger partial charge in [-0.15, -0.1) is 11.3 Å². The van der Waals surface area contributed by atoms with Gasteiger partial charge >= 0.3 is 0 Å². The maximum absolute atomic E-state index is 2.48. The van der Waals surface area contributed by atoms with E-state index in [0.717, 1.165) is 17.1 Å². The Hall–Kier alpha value is -6.74. The van der Waals surface area contributed by atoms with Crippen molar-refractivity contribution in [2.24, 2.45) is 0 Å². The van der Waals surface area contributed by atoms with Crippen LogP contribution in [0.5, 0.6) is 0 Å². The van der Waals surface area contributed by atoms with Crippen LogP contribution in [0.25, 0.3) is 75.5 Å². The minimum Gasteiger partial charge on any atom is -0.310 e. The zero-order valence-electron chi connectivity index (χ0n) is 31.9. The summed E-state index contributed by atoms with van der Waals surface area (Å²) < 4.78 is 2.62. The van der Waals surface area contributed by atoms with E-state index in [-0.39, 0.29) is 5.41 Å². The normalized spacial score (nSPS) is 12.9. The van der Waals surface area contributed by atoms with Crippen molar-refractivity contribution in [2.45, 2.75) is 19.3 Å². The van der Waals surface area contributed by atoms with Crippen LogP contribution < -0.4 is 4.90 Å². The summed E-state index contributed by atoms with van der Waals surface area (Å²) in [5.41, 5.74) is 15.9. The molecule has 10 aromatic rings. The molecule has 0 unspecified atom stereocenters. The second-order valence-electron chi connectivity index (χ2n) is 15.7. The molecule has 2 heteroatoms. The molecule has 0 saturated heterocycles. The first-order chi connectivity index (χ1) is 28.0. The van der Waals surface area contributed by atoms with E-state index in [9.17, 15) is 0 Å². The van der Waals surface area contributed by atoms with Crippen molar-refractivity contribution >= 4 is 59.3 Å². The number of fused-ring (bicyclic) bond motifs is 7. The van der Waals surface area contributed by atoms with Crippen molar-refractivity contribution in [1.82, 2.24) is 0 Å². The molecule has 0 saturated carbocycles. The zero-order valence-corrected chi connectivity index (χ0v) is 32.7. The Balaban J connectivity index is 1.07. The lowest BCUT2D eigenvalue weighted by molar-refractivity contribution is 0.660. The number of nitrogens with zero attached hydrogens (tertiary/aromatic N) is 1. The van der Waals surface area contributed by atoms with Crippen molar-refractivity contribution < 1.29 is 0 Å². The highest BCUT2D eigenvalue weighted by atomic mass is 32.1. The molecule has 0 atom stereocenters. The summed E-state index contributed by atoms with van der Waals surface area (Å²) in [4.78, 5) is 2.48. The van der Waals surface area contributed by atoms with Crippen molar-refractivity contribution in [3.05, 3.63) is 211 Å². The highest BCUT2D eigenvalue weighted by molar-refractivity contribution is 7.25. The van der Waals surface area contributed by atoms with E-state index in [4.69, 9.17) is 0 Å². The smallest absolute Gasteiger partial charge is 0.0540 e. The molecule has 0 fully saturated rings. The quantitative estimate of drug-likeness (QED) is 0.164. The predicted octanol–water partition coefficient (Wildman–Crippen LogP) is 16.0. The maximum Gasteiger partial charge on any atom is 0.0540 e. The predicted molar refractivity (Wildman–Crippen MR) is 245 cm³/mol. The molecule has 270 valence electrons. The Morgan fingerprint density at radius 1 is 0.368 bits per heavy atom. The minimum atomic E-state index is -0.201. The summed E-state index contributed by atoms with van der Waals surface area (Å²) in [6.07, 6.45) is 0. The first-order valence-corrected chi connectivity index (χ1v) is 20.6. The molecule has 1 heterocycles. The Morgan fingerprint density at radius 3 is 1.81 bits per heavy atom. The summed E-state index contributed by atoms with van der Waals surface area (Å²) in [6, 6.07) is 73.9. The van der Waals surface area contributed by atoms with Crippen LogP contribution in [0.4, 0.5) is 17.1 Å². The zero-order chi connectivity index (χ0) is 38.1. The van der Waals surface area contributed by atoms with Gasteiger partial charge in [0.15, 0.2) is 0 Å². The summed E-state index contributed by atoms with van der Waals surface area (Å²) in [5.74, 6) is 0. The molecule has 0 radical (unpaired) electrons. The van der Waals surface area contributed by atoms with Gasteiger partial charge in [-0.05, 0) is 109 Å². The maximum atomic E-state index is 2.48. The number of rotatable bonds is 6. The number of thiophene rings is 1. The van der Waals surface area contributed by atoms with Crippen molar-refractivity contribution in [3.8, 4) is 44.5 Å². The number of hydrogen-bond donors (Lipinski definition) is 0. The largest absolute Gasteiger partial charge is 0.310 e. The Kier molecular flexibility index (Phi) is 7.77. The lowest BCUT2D eigenvalue weighted by atomic mass is 9.81. The van der Waals surface area contributed by atoms with E-state index in [0.29, 0.717) is 0 Å². The third-order valence-electron chi connectivity index (χ3n) is 12.1. The third kappa shape index (κ3) is 5.51. The van der Waals surface area contributed by atoms with Crippen LogP contribution >= 0.6 is 11.3 Å². The second-order valence-corrected chi connectivity index (χ2v) is 16.8. The fraction of sp³-hybridized carbons (Fsp3) is 0.0545. The van der Waals surface area contributed by atoms with Gasteiger partial charge in [-0.1, -0.05) is 166 Å². The summed E-state index contributed by atoms with van der Waals surface area (Å²) in [7, 11) is 0. The number of para-hydroxylation sites is 1. The lowest BCUT2D eigenvalue weighted by Crippen LogP contribution is -2.17. The Labute approximate surface area is 337 Å². The van der Waals surface area contributed by atoms with Crippen LogP contribution in [0.2, 0.25) is 0 Å². The van der Waals surface area contributed by atoms with E-state index in [1.165, 1.54) is 86.6 Å². The lowest BCUT2D eigenvalue weighted by Gasteiger charge is -2.30. The van der Waals surface area contributed by atoms with Crippen molar-refractivity contribution in [1.29, 1.82) is 0 Å². The fourth-order valence-corrected chi connectivity index (χ4v) is 10.3. The summed E-state index contributed by atoms with van der Waals surface area (Å²) in [5, 5.41) is 5.15. The molecule has 1 aliphatic rings. The SMILES string of the molecule is CC1(C)c2cc(-c3cccc4ccccc34)ccc2-c2ccc(N(c3ccc4sc5ccccc5c4c3)c3ccccc3-c3ccc(-c4ccccc4)cc3)cc21. The molecule has 11 rings (SSSR count). The van der Waals surface area contributed by atoms with Gasteiger partial charge in [-0.2, -0.15) is 0 Å². The molecule has 0 N–H and O–H groups in total. The third-order valence-corrected chi connectivity index (χ3v) is 13.2. The molecule has 1 aromatic heterocycles. The standard InChI is InChI=1S/C55H39NS/c1-55(2)50-33-40(44-20-12-16-38-15-6-7-17-43(38)44)27-30-46(50)47-31-28-42(35-51(47)55)56(41-29-32-54-49(34-41)48-19-9-11-22-53(48)57-54)52-21-10-8-18-45(52)39-25-23-37(24-26-39)36-13-4-3-5-14-36/h3-35H,1-2H3. The fourth-order valence-electron chi connectivity index (χ4n) is 9.18. The van der Waals surface area contributed by atoms with Crippen LogP contribution in [0, 0.1) is 0 Å². The highest BCUT2D eigenvalue weighted by Crippen LogP contribution is 2.53. The number of anilines is 3. The van der Waals surface area contributed by atoms with Gasteiger partial charge in [0.25, 0.3) is 0 Å². The monoisotopic (exact) mass is 745 g/mol.